The maximum Gasteiger partial charge on any atom is 0.256 e. The third kappa shape index (κ3) is 3.70. The van der Waals surface area contributed by atoms with Crippen molar-refractivity contribution >= 4 is 29.1 Å². The smallest absolute Gasteiger partial charge is 0.256 e. The lowest BCUT2D eigenvalue weighted by Gasteiger charge is -2.33. The van der Waals surface area contributed by atoms with Crippen LogP contribution in [-0.4, -0.2) is 27.5 Å². The second-order valence-electron chi connectivity index (χ2n) is 6.45. The molecule has 1 aliphatic heterocycles. The number of amides is 1. The number of halogens is 2. The normalized spacial score (nSPS) is 17.1. The predicted octanol–water partition coefficient (Wildman–Crippen LogP) is 5.41. The lowest BCUT2D eigenvalue weighted by Crippen LogP contribution is -2.38. The number of aromatic nitrogens is 2. The number of likely N-dealkylation sites (tertiary alicyclic amines) is 1. The molecule has 4 rings (SSSR count). The van der Waals surface area contributed by atoms with Crippen LogP contribution in [0.1, 0.15) is 41.6 Å². The van der Waals surface area contributed by atoms with Gasteiger partial charge < -0.3 is 9.42 Å². The summed E-state index contributed by atoms with van der Waals surface area (Å²) in [5.41, 5.74) is 1.30. The van der Waals surface area contributed by atoms with Crippen LogP contribution >= 0.6 is 23.2 Å². The van der Waals surface area contributed by atoms with Gasteiger partial charge in [0.25, 0.3) is 5.91 Å². The van der Waals surface area contributed by atoms with E-state index in [0.717, 1.165) is 24.8 Å². The number of benzene rings is 2. The Morgan fingerprint density at radius 1 is 1.07 bits per heavy atom. The van der Waals surface area contributed by atoms with Gasteiger partial charge in [-0.15, -0.1) is 0 Å². The van der Waals surface area contributed by atoms with Crippen LogP contribution in [0.25, 0.3) is 11.4 Å². The molecule has 5 nitrogen and oxygen atoms in total. The highest BCUT2D eigenvalue weighted by atomic mass is 35.5. The van der Waals surface area contributed by atoms with E-state index in [1.807, 2.05) is 24.3 Å². The van der Waals surface area contributed by atoms with Crippen molar-refractivity contribution in [1.82, 2.24) is 15.0 Å². The fraction of sp³-hybridized carbons (Fsp3) is 0.250. The third-order valence-electron chi connectivity index (χ3n) is 4.70. The summed E-state index contributed by atoms with van der Waals surface area (Å²) >= 11 is 12.2. The Kier molecular flexibility index (Phi) is 5.14. The summed E-state index contributed by atoms with van der Waals surface area (Å²) < 4.78 is 5.51. The molecule has 1 saturated heterocycles. The van der Waals surface area contributed by atoms with Crippen molar-refractivity contribution in [3.63, 3.8) is 0 Å². The molecule has 138 valence electrons. The van der Waals surface area contributed by atoms with Crippen LogP contribution in [0, 0.1) is 0 Å². The summed E-state index contributed by atoms with van der Waals surface area (Å²) in [4.78, 5) is 19.4. The van der Waals surface area contributed by atoms with Gasteiger partial charge in [0.05, 0.1) is 10.6 Å². The quantitative estimate of drug-likeness (QED) is 0.588. The van der Waals surface area contributed by atoms with Crippen molar-refractivity contribution in [2.24, 2.45) is 0 Å². The Balaban J connectivity index is 1.62. The second kappa shape index (κ2) is 7.71. The zero-order chi connectivity index (χ0) is 18.8. The SMILES string of the molecule is O=C(c1ccccc1Cl)N1CCCCC1c1nc(-c2ccc(Cl)cc2)no1. The fourth-order valence-corrected chi connectivity index (χ4v) is 3.65. The molecule has 3 aromatic rings. The van der Waals surface area contributed by atoms with Crippen molar-refractivity contribution < 1.29 is 9.32 Å². The Morgan fingerprint density at radius 3 is 2.63 bits per heavy atom. The van der Waals surface area contributed by atoms with E-state index in [2.05, 4.69) is 10.1 Å². The minimum atomic E-state index is -0.254. The van der Waals surface area contributed by atoms with Crippen LogP contribution < -0.4 is 0 Å². The van der Waals surface area contributed by atoms with Gasteiger partial charge in [0.2, 0.25) is 11.7 Å². The summed E-state index contributed by atoms with van der Waals surface area (Å²) in [6, 6.07) is 14.1. The maximum atomic E-state index is 13.1. The van der Waals surface area contributed by atoms with Gasteiger partial charge >= 0.3 is 0 Å². The highest BCUT2D eigenvalue weighted by Gasteiger charge is 2.33. The molecule has 1 atom stereocenters. The molecule has 0 bridgehead atoms. The molecule has 0 saturated carbocycles. The maximum absolute atomic E-state index is 13.1. The van der Waals surface area contributed by atoms with E-state index >= 15 is 0 Å². The highest BCUT2D eigenvalue weighted by molar-refractivity contribution is 6.33. The van der Waals surface area contributed by atoms with Gasteiger partial charge in [-0.2, -0.15) is 4.98 Å². The summed E-state index contributed by atoms with van der Waals surface area (Å²) in [5.74, 6) is 0.814. The number of carbonyl (C=O) groups is 1. The molecule has 27 heavy (non-hydrogen) atoms. The Hall–Kier alpha value is -2.37. The molecular weight excluding hydrogens is 385 g/mol. The first-order chi connectivity index (χ1) is 13.1. The molecule has 2 heterocycles. The van der Waals surface area contributed by atoms with Crippen LogP contribution in [0.5, 0.6) is 0 Å². The Morgan fingerprint density at radius 2 is 1.85 bits per heavy atom. The number of carbonyl (C=O) groups excluding carboxylic acids is 1. The monoisotopic (exact) mass is 401 g/mol. The Bertz CT molecular complexity index is 956. The molecule has 1 amide bonds. The first kappa shape index (κ1) is 18.0. The summed E-state index contributed by atoms with van der Waals surface area (Å²) in [6.07, 6.45) is 2.71. The van der Waals surface area contributed by atoms with E-state index in [9.17, 15) is 4.79 Å². The van der Waals surface area contributed by atoms with Crippen LogP contribution in [0.15, 0.2) is 53.1 Å². The topological polar surface area (TPSA) is 59.2 Å². The first-order valence-electron chi connectivity index (χ1n) is 8.78. The molecule has 0 N–H and O–H groups in total. The number of nitrogens with zero attached hydrogens (tertiary/aromatic N) is 3. The van der Waals surface area contributed by atoms with E-state index in [0.29, 0.717) is 33.9 Å². The van der Waals surface area contributed by atoms with Gasteiger partial charge in [-0.3, -0.25) is 4.79 Å². The zero-order valence-corrected chi connectivity index (χ0v) is 16.0. The van der Waals surface area contributed by atoms with E-state index in [1.165, 1.54) is 0 Å². The zero-order valence-electron chi connectivity index (χ0n) is 14.4. The Labute approximate surface area is 166 Å². The molecule has 2 aromatic carbocycles. The first-order valence-corrected chi connectivity index (χ1v) is 9.54. The second-order valence-corrected chi connectivity index (χ2v) is 7.30. The molecule has 1 unspecified atom stereocenters. The minimum Gasteiger partial charge on any atom is -0.337 e. The summed E-state index contributed by atoms with van der Waals surface area (Å²) in [7, 11) is 0. The fourth-order valence-electron chi connectivity index (χ4n) is 3.31. The van der Waals surface area contributed by atoms with Crippen LogP contribution in [0.3, 0.4) is 0 Å². The number of piperidine rings is 1. The summed E-state index contributed by atoms with van der Waals surface area (Å²) in [5, 5.41) is 5.17. The number of hydrogen-bond acceptors (Lipinski definition) is 4. The molecule has 0 aliphatic carbocycles. The van der Waals surface area contributed by atoms with Crippen LogP contribution in [0.4, 0.5) is 0 Å². The average molecular weight is 402 g/mol. The third-order valence-corrected chi connectivity index (χ3v) is 5.28. The van der Waals surface area contributed by atoms with Crippen molar-refractivity contribution in [3.05, 3.63) is 70.0 Å². The highest BCUT2D eigenvalue weighted by Crippen LogP contribution is 2.33. The minimum absolute atomic E-state index is 0.114. The van der Waals surface area contributed by atoms with Gasteiger partial charge in [0.1, 0.15) is 6.04 Å². The van der Waals surface area contributed by atoms with Crippen molar-refractivity contribution in [1.29, 1.82) is 0 Å². The van der Waals surface area contributed by atoms with E-state index in [-0.39, 0.29) is 11.9 Å². The largest absolute Gasteiger partial charge is 0.337 e. The molecule has 1 aliphatic rings. The van der Waals surface area contributed by atoms with Gasteiger partial charge in [0, 0.05) is 17.1 Å². The lowest BCUT2D eigenvalue weighted by molar-refractivity contribution is 0.0561. The summed E-state index contributed by atoms with van der Waals surface area (Å²) in [6.45, 7) is 0.632. The molecule has 0 radical (unpaired) electrons. The van der Waals surface area contributed by atoms with Gasteiger partial charge in [-0.25, -0.2) is 0 Å². The molecular formula is C20H17Cl2N3O2. The van der Waals surface area contributed by atoms with E-state index in [1.54, 1.807) is 29.2 Å². The van der Waals surface area contributed by atoms with Crippen molar-refractivity contribution in [2.45, 2.75) is 25.3 Å². The van der Waals surface area contributed by atoms with E-state index < -0.39 is 0 Å². The average Bonchev–Trinajstić information content (AvgIpc) is 3.18. The standard InChI is InChI=1S/C20H17Cl2N3O2/c21-14-10-8-13(9-11-14)18-23-19(27-24-18)17-7-3-4-12-25(17)20(26)15-5-1-2-6-16(15)22/h1-2,5-6,8-11,17H,3-4,7,12H2. The predicted molar refractivity (Wildman–Crippen MR) is 104 cm³/mol. The lowest BCUT2D eigenvalue weighted by atomic mass is 10.0. The molecule has 1 fully saturated rings. The van der Waals surface area contributed by atoms with Crippen LogP contribution in [-0.2, 0) is 0 Å². The van der Waals surface area contributed by atoms with Crippen LogP contribution in [0.2, 0.25) is 10.0 Å². The number of hydrogen-bond donors (Lipinski definition) is 0. The molecule has 7 heteroatoms. The number of rotatable bonds is 3. The van der Waals surface area contributed by atoms with Gasteiger partial charge in [-0.1, -0.05) is 40.5 Å². The van der Waals surface area contributed by atoms with E-state index in [4.69, 9.17) is 27.7 Å². The van der Waals surface area contributed by atoms with Crippen molar-refractivity contribution in [3.8, 4) is 11.4 Å². The van der Waals surface area contributed by atoms with Gasteiger partial charge in [0.15, 0.2) is 0 Å². The molecule has 1 aromatic heterocycles. The van der Waals surface area contributed by atoms with Gasteiger partial charge in [-0.05, 0) is 55.7 Å². The molecule has 0 spiro atoms. The van der Waals surface area contributed by atoms with Crippen molar-refractivity contribution in [2.75, 3.05) is 6.54 Å².